The van der Waals surface area contributed by atoms with E-state index in [0.29, 0.717) is 69.9 Å². The molecule has 8 atom stereocenters. The second-order valence-corrected chi connectivity index (χ2v) is 31.3. The Kier molecular flexibility index (Phi) is 55.9. The van der Waals surface area contributed by atoms with Crippen molar-refractivity contribution >= 4 is 17.9 Å². The van der Waals surface area contributed by atoms with E-state index in [1.165, 1.54) is 173 Å². The summed E-state index contributed by atoms with van der Waals surface area (Å²) in [5, 5.41) is 0. The summed E-state index contributed by atoms with van der Waals surface area (Å²) < 4.78 is 17.5. The highest BCUT2D eigenvalue weighted by atomic mass is 16.5. The highest BCUT2D eigenvalue weighted by Gasteiger charge is 2.17. The summed E-state index contributed by atoms with van der Waals surface area (Å²) in [5.74, 6) is 8.48. The normalized spacial score (nSPS) is 15.0. The SMILES string of the molecule is CC(C)CCCC(C)CCCC(C)CCCCN(CCCN(C)CCCN(CCC(=O)OCCC(C)CCCC(C)CCCC(C)C)CCC(=O)OCCC(C)CCCC(C)CCCC(C)C)CCC(=O)OCCC(C)CCCC(C)CCCC(C)C. The fourth-order valence-corrected chi connectivity index (χ4v) is 12.7. The Morgan fingerprint density at radius 3 is 0.701 bits per heavy atom. The van der Waals surface area contributed by atoms with Gasteiger partial charge < -0.3 is 28.9 Å². The molecule has 518 valence electrons. The summed E-state index contributed by atoms with van der Waals surface area (Å²) in [6, 6.07) is 0. The van der Waals surface area contributed by atoms with Crippen LogP contribution in [-0.2, 0) is 28.6 Å². The number of carbonyl (C=O) groups excluding carboxylic acids is 3. The smallest absolute Gasteiger partial charge is 0.307 e. The van der Waals surface area contributed by atoms with E-state index in [9.17, 15) is 14.4 Å². The Bertz CT molecular complexity index is 1500. The lowest BCUT2D eigenvalue weighted by Gasteiger charge is -2.25. The van der Waals surface area contributed by atoms with Gasteiger partial charge in [0.1, 0.15) is 0 Å². The van der Waals surface area contributed by atoms with Gasteiger partial charge in [-0.2, -0.15) is 0 Å². The van der Waals surface area contributed by atoms with Crippen LogP contribution in [0.3, 0.4) is 0 Å². The van der Waals surface area contributed by atoms with Gasteiger partial charge in [0, 0.05) is 19.6 Å². The van der Waals surface area contributed by atoms with Crippen LogP contribution in [0.25, 0.3) is 0 Å². The molecule has 0 fully saturated rings. The number of carbonyl (C=O) groups is 3. The van der Waals surface area contributed by atoms with Gasteiger partial charge in [0.05, 0.1) is 39.1 Å². The summed E-state index contributed by atoms with van der Waals surface area (Å²) in [7, 11) is 2.22. The standard InChI is InChI=1S/C78H155N3O6/c1-64(2)30-20-35-69(10)40-24-39-68(9)34-18-19-55-80(58-47-76(82)85-61-50-73(14)44-25-41-70(11)36-21-31-65(3)4)56-28-53-79(17)54-29-57-81(59-48-77(83)86-62-51-74(15)45-26-42-71(12)37-22-32-66(5)6)60-49-78(84)87-63-52-75(16)46-27-43-72(13)38-23-33-67(7)8/h64-75H,18-63H2,1-17H3. The molecule has 0 radical (unpaired) electrons. The van der Waals surface area contributed by atoms with E-state index in [1.807, 2.05) is 0 Å². The number of hydrogen-bond acceptors (Lipinski definition) is 9. The largest absolute Gasteiger partial charge is 0.466 e. The number of rotatable bonds is 63. The third-order valence-electron chi connectivity index (χ3n) is 19.5. The first-order chi connectivity index (χ1) is 41.4. The highest BCUT2D eigenvalue weighted by Crippen LogP contribution is 2.25. The maximum Gasteiger partial charge on any atom is 0.307 e. The Morgan fingerprint density at radius 2 is 0.448 bits per heavy atom. The van der Waals surface area contributed by atoms with E-state index in [-0.39, 0.29) is 17.9 Å². The van der Waals surface area contributed by atoms with Gasteiger partial charge in [-0.1, -0.05) is 278 Å². The van der Waals surface area contributed by atoms with E-state index >= 15 is 0 Å². The molecule has 0 heterocycles. The molecule has 9 heteroatoms. The van der Waals surface area contributed by atoms with Gasteiger partial charge in [0.15, 0.2) is 0 Å². The van der Waals surface area contributed by atoms with Crippen LogP contribution in [-0.4, -0.2) is 112 Å². The van der Waals surface area contributed by atoms with Gasteiger partial charge in [-0.25, -0.2) is 0 Å². The van der Waals surface area contributed by atoms with Crippen LogP contribution in [0.1, 0.15) is 336 Å². The van der Waals surface area contributed by atoms with Crippen molar-refractivity contribution in [2.45, 2.75) is 336 Å². The first kappa shape index (κ1) is 85.3. The number of ether oxygens (including phenoxy) is 3. The topological polar surface area (TPSA) is 88.6 Å². The van der Waals surface area contributed by atoms with Crippen LogP contribution in [0.4, 0.5) is 0 Å². The summed E-state index contributed by atoms with van der Waals surface area (Å²) >= 11 is 0. The fourth-order valence-electron chi connectivity index (χ4n) is 12.7. The molecule has 0 aromatic carbocycles. The average molecular weight is 1230 g/mol. The molecule has 0 saturated carbocycles. The minimum absolute atomic E-state index is 0.0531. The minimum atomic E-state index is -0.141. The van der Waals surface area contributed by atoms with Crippen LogP contribution in [0.2, 0.25) is 0 Å². The maximum absolute atomic E-state index is 13.2. The summed E-state index contributed by atoms with van der Waals surface area (Å²) in [4.78, 5) is 46.7. The zero-order valence-electron chi connectivity index (χ0n) is 61.7. The fraction of sp³-hybridized carbons (Fsp3) is 0.962. The monoisotopic (exact) mass is 1230 g/mol. The molecule has 0 aromatic heterocycles. The summed E-state index contributed by atoms with van der Waals surface area (Å²) in [6.45, 7) is 45.8. The number of hydrogen-bond donors (Lipinski definition) is 0. The highest BCUT2D eigenvalue weighted by molar-refractivity contribution is 5.70. The maximum atomic E-state index is 13.2. The van der Waals surface area contributed by atoms with Crippen molar-refractivity contribution in [3.8, 4) is 0 Å². The zero-order chi connectivity index (χ0) is 65.0. The molecule has 0 bridgehead atoms. The molecule has 0 aromatic rings. The third kappa shape index (κ3) is 59.1. The first-order valence-corrected chi connectivity index (χ1v) is 38.0. The molecule has 0 aliphatic carbocycles. The summed E-state index contributed by atoms with van der Waals surface area (Å²) in [6.07, 6.45) is 40.9. The quantitative estimate of drug-likeness (QED) is 0.0336. The van der Waals surface area contributed by atoms with Crippen molar-refractivity contribution in [2.24, 2.45) is 71.0 Å². The van der Waals surface area contributed by atoms with Gasteiger partial charge in [-0.05, 0) is 149 Å². The van der Waals surface area contributed by atoms with Crippen LogP contribution < -0.4 is 0 Å². The lowest BCUT2D eigenvalue weighted by Crippen LogP contribution is -2.34. The predicted octanol–water partition coefficient (Wildman–Crippen LogP) is 21.5. The van der Waals surface area contributed by atoms with E-state index < -0.39 is 0 Å². The van der Waals surface area contributed by atoms with E-state index in [0.717, 1.165) is 125 Å². The van der Waals surface area contributed by atoms with Crippen LogP contribution >= 0.6 is 0 Å². The lowest BCUT2D eigenvalue weighted by molar-refractivity contribution is -0.145. The third-order valence-corrected chi connectivity index (χ3v) is 19.5. The molecule has 0 rings (SSSR count). The second-order valence-electron chi connectivity index (χ2n) is 31.3. The van der Waals surface area contributed by atoms with Crippen molar-refractivity contribution in [3.63, 3.8) is 0 Å². The van der Waals surface area contributed by atoms with Gasteiger partial charge in [0.25, 0.3) is 0 Å². The average Bonchev–Trinajstić information content (AvgIpc) is 3.49. The van der Waals surface area contributed by atoms with Gasteiger partial charge in [-0.3, -0.25) is 14.4 Å². The second kappa shape index (κ2) is 57.0. The van der Waals surface area contributed by atoms with Crippen LogP contribution in [0.5, 0.6) is 0 Å². The lowest BCUT2D eigenvalue weighted by atomic mass is 9.92. The zero-order valence-corrected chi connectivity index (χ0v) is 61.7. The number of unbranched alkanes of at least 4 members (excludes halogenated alkanes) is 1. The predicted molar refractivity (Wildman–Crippen MR) is 378 cm³/mol. The molecular formula is C78H155N3O6. The molecule has 0 spiro atoms. The van der Waals surface area contributed by atoms with Crippen LogP contribution in [0.15, 0.2) is 0 Å². The van der Waals surface area contributed by atoms with Crippen molar-refractivity contribution in [2.75, 3.05) is 79.2 Å². The molecular weight excluding hydrogens is 1070 g/mol. The van der Waals surface area contributed by atoms with Crippen molar-refractivity contribution in [3.05, 3.63) is 0 Å². The molecule has 0 amide bonds. The van der Waals surface area contributed by atoms with E-state index in [4.69, 9.17) is 14.2 Å². The molecule has 0 aliphatic heterocycles. The molecule has 0 aliphatic rings. The van der Waals surface area contributed by atoms with Crippen molar-refractivity contribution in [1.29, 1.82) is 0 Å². The van der Waals surface area contributed by atoms with Crippen LogP contribution in [0, 0.1) is 71.0 Å². The van der Waals surface area contributed by atoms with E-state index in [2.05, 4.69) is 133 Å². The Labute approximate surface area is 544 Å². The minimum Gasteiger partial charge on any atom is -0.466 e. The van der Waals surface area contributed by atoms with Gasteiger partial charge in [0.2, 0.25) is 0 Å². The first-order valence-electron chi connectivity index (χ1n) is 38.0. The Hall–Kier alpha value is -1.71. The molecule has 0 saturated heterocycles. The van der Waals surface area contributed by atoms with Gasteiger partial charge in [-0.15, -0.1) is 0 Å². The Balaban J connectivity index is 5.39. The number of esters is 3. The summed E-state index contributed by atoms with van der Waals surface area (Å²) in [5.41, 5.74) is 0. The Morgan fingerprint density at radius 1 is 0.241 bits per heavy atom. The molecule has 9 nitrogen and oxygen atoms in total. The molecule has 87 heavy (non-hydrogen) atoms. The van der Waals surface area contributed by atoms with E-state index in [1.54, 1.807) is 0 Å². The molecule has 0 N–H and O–H groups in total. The van der Waals surface area contributed by atoms with Crippen molar-refractivity contribution in [1.82, 2.24) is 14.7 Å². The van der Waals surface area contributed by atoms with Crippen molar-refractivity contribution < 1.29 is 28.6 Å². The number of nitrogens with zero attached hydrogens (tertiary/aromatic N) is 3. The molecule has 8 unspecified atom stereocenters. The van der Waals surface area contributed by atoms with Gasteiger partial charge >= 0.3 is 17.9 Å².